The monoisotopic (exact) mass is 431 g/mol. The van der Waals surface area contributed by atoms with E-state index in [-0.39, 0.29) is 18.4 Å². The van der Waals surface area contributed by atoms with Crippen molar-refractivity contribution in [3.05, 3.63) is 53.0 Å². The molecule has 1 aliphatic heterocycles. The molecule has 1 atom stereocenters. The summed E-state index contributed by atoms with van der Waals surface area (Å²) in [4.78, 5) is 26.8. The number of halogens is 1. The van der Waals surface area contributed by atoms with E-state index >= 15 is 0 Å². The summed E-state index contributed by atoms with van der Waals surface area (Å²) in [6.45, 7) is 3.04. The van der Waals surface area contributed by atoms with Gasteiger partial charge in [-0.05, 0) is 36.8 Å². The van der Waals surface area contributed by atoms with Crippen LogP contribution in [0.5, 0.6) is 5.75 Å². The van der Waals surface area contributed by atoms with E-state index in [1.165, 1.54) is 0 Å². The van der Waals surface area contributed by atoms with Gasteiger partial charge < -0.3 is 20.3 Å². The molecule has 7 heteroatoms. The maximum atomic E-state index is 12.5. The normalized spacial score (nSPS) is 15.5. The van der Waals surface area contributed by atoms with Gasteiger partial charge in [-0.1, -0.05) is 41.1 Å². The Labute approximate surface area is 167 Å². The van der Waals surface area contributed by atoms with Gasteiger partial charge in [-0.3, -0.25) is 9.59 Å². The van der Waals surface area contributed by atoms with E-state index in [1.807, 2.05) is 60.4 Å². The Morgan fingerprint density at radius 2 is 2.04 bits per heavy atom. The van der Waals surface area contributed by atoms with Gasteiger partial charge in [0.25, 0.3) is 5.91 Å². The number of anilines is 2. The van der Waals surface area contributed by atoms with Crippen LogP contribution in [0, 0.1) is 0 Å². The summed E-state index contributed by atoms with van der Waals surface area (Å²) < 4.78 is 6.74. The summed E-state index contributed by atoms with van der Waals surface area (Å²) in [7, 11) is 0. The quantitative estimate of drug-likeness (QED) is 0.736. The Morgan fingerprint density at radius 1 is 1.22 bits per heavy atom. The van der Waals surface area contributed by atoms with Gasteiger partial charge in [0.15, 0.2) is 6.10 Å². The molecular weight excluding hydrogens is 410 g/mol. The van der Waals surface area contributed by atoms with Crippen molar-refractivity contribution in [2.45, 2.75) is 19.4 Å². The van der Waals surface area contributed by atoms with Crippen LogP contribution in [0.25, 0.3) is 0 Å². The zero-order valence-corrected chi connectivity index (χ0v) is 16.7. The maximum Gasteiger partial charge on any atom is 0.262 e. The SMILES string of the molecule is CCCNC(=O)[C@@H]1CN(CC(=O)Nc2cccc(Br)c2)c2ccccc2O1. The molecule has 0 spiro atoms. The maximum absolute atomic E-state index is 12.5. The molecule has 0 saturated heterocycles. The van der Waals surface area contributed by atoms with Crippen LogP contribution in [0.1, 0.15) is 13.3 Å². The molecule has 0 bridgehead atoms. The highest BCUT2D eigenvalue weighted by Gasteiger charge is 2.31. The number of fused-ring (bicyclic) bond motifs is 1. The Hall–Kier alpha value is -2.54. The highest BCUT2D eigenvalue weighted by molar-refractivity contribution is 9.10. The molecule has 142 valence electrons. The predicted molar refractivity (Wildman–Crippen MR) is 109 cm³/mol. The van der Waals surface area contributed by atoms with Gasteiger partial charge in [0.05, 0.1) is 18.8 Å². The van der Waals surface area contributed by atoms with Gasteiger partial charge >= 0.3 is 0 Å². The molecule has 2 aromatic rings. The van der Waals surface area contributed by atoms with Gasteiger partial charge in [0, 0.05) is 16.7 Å². The first-order valence-electron chi connectivity index (χ1n) is 8.90. The molecule has 0 saturated carbocycles. The van der Waals surface area contributed by atoms with Crippen LogP contribution in [0.2, 0.25) is 0 Å². The first kappa shape index (κ1) is 19.2. The minimum atomic E-state index is -0.648. The van der Waals surface area contributed by atoms with Crippen LogP contribution in [0.15, 0.2) is 53.0 Å². The standard InChI is InChI=1S/C20H22BrN3O3/c1-2-10-22-20(26)18-12-24(16-8-3-4-9-17(16)27-18)13-19(25)23-15-7-5-6-14(21)11-15/h3-9,11,18H,2,10,12-13H2,1H3,(H,22,26)(H,23,25)/t18-/m0/s1. The molecule has 0 radical (unpaired) electrons. The van der Waals surface area contributed by atoms with E-state index in [4.69, 9.17) is 4.74 Å². The number of nitrogens with one attached hydrogen (secondary N) is 2. The molecule has 2 amide bonds. The Bertz CT molecular complexity index is 828. The number of ether oxygens (including phenoxy) is 1. The Kier molecular flexibility index (Phi) is 6.34. The van der Waals surface area contributed by atoms with E-state index in [0.717, 1.165) is 16.6 Å². The number of carbonyl (C=O) groups excluding carboxylic acids is 2. The van der Waals surface area contributed by atoms with Crippen LogP contribution in [-0.2, 0) is 9.59 Å². The van der Waals surface area contributed by atoms with Gasteiger partial charge in [0.2, 0.25) is 5.91 Å². The number of nitrogens with zero attached hydrogens (tertiary/aromatic N) is 1. The number of para-hydroxylation sites is 2. The summed E-state index contributed by atoms with van der Waals surface area (Å²) in [6, 6.07) is 14.9. The van der Waals surface area contributed by atoms with Crippen molar-refractivity contribution in [1.29, 1.82) is 0 Å². The number of carbonyl (C=O) groups is 2. The zero-order valence-electron chi connectivity index (χ0n) is 15.1. The van der Waals surface area contributed by atoms with Crippen molar-refractivity contribution in [1.82, 2.24) is 5.32 Å². The fraction of sp³-hybridized carbons (Fsp3) is 0.300. The number of benzene rings is 2. The summed E-state index contributed by atoms with van der Waals surface area (Å²) in [5.74, 6) is 0.289. The van der Waals surface area contributed by atoms with E-state index in [2.05, 4.69) is 26.6 Å². The zero-order chi connectivity index (χ0) is 19.2. The average molecular weight is 432 g/mol. The molecule has 6 nitrogen and oxygen atoms in total. The minimum absolute atomic E-state index is 0.129. The summed E-state index contributed by atoms with van der Waals surface area (Å²) in [5.41, 5.74) is 1.52. The van der Waals surface area contributed by atoms with Crippen LogP contribution < -0.4 is 20.3 Å². The summed E-state index contributed by atoms with van der Waals surface area (Å²) >= 11 is 3.39. The Balaban J connectivity index is 1.72. The smallest absolute Gasteiger partial charge is 0.262 e. The van der Waals surface area contributed by atoms with Gasteiger partial charge in [0.1, 0.15) is 5.75 Å². The lowest BCUT2D eigenvalue weighted by atomic mass is 10.1. The summed E-state index contributed by atoms with van der Waals surface area (Å²) in [6.07, 6.45) is 0.207. The van der Waals surface area contributed by atoms with Crippen molar-refractivity contribution < 1.29 is 14.3 Å². The molecule has 0 aliphatic carbocycles. The van der Waals surface area contributed by atoms with Crippen molar-refractivity contribution in [3.8, 4) is 5.75 Å². The van der Waals surface area contributed by atoms with Crippen molar-refractivity contribution in [2.24, 2.45) is 0 Å². The molecule has 0 unspecified atom stereocenters. The van der Waals surface area contributed by atoms with Crippen molar-refractivity contribution in [3.63, 3.8) is 0 Å². The fourth-order valence-corrected chi connectivity index (χ4v) is 3.29. The van der Waals surface area contributed by atoms with E-state index in [1.54, 1.807) is 0 Å². The topological polar surface area (TPSA) is 70.7 Å². The number of amides is 2. The molecule has 2 aromatic carbocycles. The largest absolute Gasteiger partial charge is 0.477 e. The van der Waals surface area contributed by atoms with Crippen LogP contribution in [0.3, 0.4) is 0 Å². The highest BCUT2D eigenvalue weighted by Crippen LogP contribution is 2.33. The number of rotatable bonds is 6. The Morgan fingerprint density at radius 3 is 2.81 bits per heavy atom. The predicted octanol–water partition coefficient (Wildman–Crippen LogP) is 3.18. The van der Waals surface area contributed by atoms with Crippen LogP contribution in [0.4, 0.5) is 11.4 Å². The van der Waals surface area contributed by atoms with Gasteiger partial charge in [-0.15, -0.1) is 0 Å². The molecule has 0 aromatic heterocycles. The minimum Gasteiger partial charge on any atom is -0.477 e. The molecule has 0 fully saturated rings. The first-order chi connectivity index (χ1) is 13.1. The molecule has 2 N–H and O–H groups in total. The van der Waals surface area contributed by atoms with Gasteiger partial charge in [-0.25, -0.2) is 0 Å². The van der Waals surface area contributed by atoms with E-state index in [9.17, 15) is 9.59 Å². The second-order valence-electron chi connectivity index (χ2n) is 6.30. The van der Waals surface area contributed by atoms with Crippen molar-refractivity contribution in [2.75, 3.05) is 29.9 Å². The second kappa shape index (κ2) is 8.90. The van der Waals surface area contributed by atoms with Crippen LogP contribution in [-0.4, -0.2) is 37.6 Å². The lowest BCUT2D eigenvalue weighted by Gasteiger charge is -2.35. The van der Waals surface area contributed by atoms with Gasteiger partial charge in [-0.2, -0.15) is 0 Å². The third-order valence-corrected chi connectivity index (χ3v) is 4.64. The lowest BCUT2D eigenvalue weighted by molar-refractivity contribution is -0.128. The second-order valence-corrected chi connectivity index (χ2v) is 7.22. The molecule has 1 aliphatic rings. The molecule has 3 rings (SSSR count). The number of hydrogen-bond acceptors (Lipinski definition) is 4. The first-order valence-corrected chi connectivity index (χ1v) is 9.70. The molecular formula is C20H22BrN3O3. The third kappa shape index (κ3) is 5.01. The fourth-order valence-electron chi connectivity index (χ4n) is 2.90. The highest BCUT2D eigenvalue weighted by atomic mass is 79.9. The van der Waals surface area contributed by atoms with Crippen molar-refractivity contribution >= 4 is 39.1 Å². The van der Waals surface area contributed by atoms with E-state index in [0.29, 0.717) is 24.5 Å². The molecule has 1 heterocycles. The van der Waals surface area contributed by atoms with E-state index < -0.39 is 6.10 Å². The third-order valence-electron chi connectivity index (χ3n) is 4.15. The average Bonchev–Trinajstić information content (AvgIpc) is 2.66. The lowest BCUT2D eigenvalue weighted by Crippen LogP contribution is -2.50. The number of hydrogen-bond donors (Lipinski definition) is 2. The van der Waals surface area contributed by atoms with Crippen LogP contribution >= 0.6 is 15.9 Å². The summed E-state index contributed by atoms with van der Waals surface area (Å²) in [5, 5.41) is 5.74. The molecule has 27 heavy (non-hydrogen) atoms.